The number of pyridine rings is 1. The largest absolute Gasteiger partial charge is 0.444 e. The second-order valence-electron chi connectivity index (χ2n) is 6.17. The number of alkyl carbamates (subject to hydrolysis) is 1. The number of amides is 1. The minimum absolute atomic E-state index is 0.339. The van der Waals surface area contributed by atoms with Crippen molar-refractivity contribution < 1.29 is 9.53 Å². The van der Waals surface area contributed by atoms with Gasteiger partial charge in [-0.3, -0.25) is 0 Å². The van der Waals surface area contributed by atoms with Crippen LogP contribution < -0.4 is 10.2 Å². The predicted molar refractivity (Wildman–Crippen MR) is 78.8 cm³/mol. The van der Waals surface area contributed by atoms with Crippen LogP contribution >= 0.6 is 0 Å². The van der Waals surface area contributed by atoms with Crippen LogP contribution in [0.25, 0.3) is 0 Å². The summed E-state index contributed by atoms with van der Waals surface area (Å²) in [5.74, 6) is 1.46. The fourth-order valence-corrected chi connectivity index (χ4v) is 2.29. The molecular weight excluding hydrogens is 254 g/mol. The average Bonchev–Trinajstić information content (AvgIpc) is 2.84. The Morgan fingerprint density at radius 1 is 1.50 bits per heavy atom. The van der Waals surface area contributed by atoms with Crippen LogP contribution in [0.5, 0.6) is 0 Å². The third-order valence-electron chi connectivity index (χ3n) is 3.19. The number of anilines is 1. The molecule has 1 aromatic heterocycles. The Balaban J connectivity index is 1.75. The van der Waals surface area contributed by atoms with E-state index < -0.39 is 5.60 Å². The molecule has 2 rings (SSSR count). The van der Waals surface area contributed by atoms with E-state index in [4.69, 9.17) is 4.74 Å². The zero-order chi connectivity index (χ0) is 14.6. The fourth-order valence-electron chi connectivity index (χ4n) is 2.29. The topological polar surface area (TPSA) is 54.5 Å². The lowest BCUT2D eigenvalue weighted by Gasteiger charge is -2.21. The fraction of sp³-hybridized carbons (Fsp3) is 0.600. The molecule has 1 amide bonds. The first-order valence-corrected chi connectivity index (χ1v) is 7.07. The third kappa shape index (κ3) is 4.40. The van der Waals surface area contributed by atoms with Crippen LogP contribution in [0.15, 0.2) is 24.4 Å². The van der Waals surface area contributed by atoms with Crippen LogP contribution in [-0.4, -0.2) is 36.3 Å². The number of carbonyl (C=O) groups excluding carboxylic acids is 1. The Kier molecular flexibility index (Phi) is 4.47. The highest BCUT2D eigenvalue weighted by molar-refractivity contribution is 5.67. The summed E-state index contributed by atoms with van der Waals surface area (Å²) in [5.41, 5.74) is -0.445. The van der Waals surface area contributed by atoms with Crippen molar-refractivity contribution in [2.24, 2.45) is 5.92 Å². The number of aromatic nitrogens is 1. The summed E-state index contributed by atoms with van der Waals surface area (Å²) in [5, 5.41) is 2.84. The van der Waals surface area contributed by atoms with Crippen molar-refractivity contribution in [3.8, 4) is 0 Å². The molecule has 0 bridgehead atoms. The van der Waals surface area contributed by atoms with Crippen molar-refractivity contribution in [1.29, 1.82) is 0 Å². The van der Waals surface area contributed by atoms with Gasteiger partial charge in [0.05, 0.1) is 0 Å². The summed E-state index contributed by atoms with van der Waals surface area (Å²) < 4.78 is 5.23. The van der Waals surface area contributed by atoms with E-state index >= 15 is 0 Å². The normalized spacial score (nSPS) is 18.9. The maximum atomic E-state index is 11.6. The maximum Gasteiger partial charge on any atom is 0.407 e. The van der Waals surface area contributed by atoms with E-state index in [1.54, 1.807) is 0 Å². The molecule has 1 saturated heterocycles. The molecule has 5 heteroatoms. The van der Waals surface area contributed by atoms with Crippen molar-refractivity contribution in [3.63, 3.8) is 0 Å². The standard InChI is InChI=1S/C15H23N3O2/c1-15(2,3)20-14(19)17-10-12-7-9-18(11-12)13-6-4-5-8-16-13/h4-6,8,12H,7,9-11H2,1-3H3,(H,17,19)/t12-/m0/s1. The van der Waals surface area contributed by atoms with Crippen molar-refractivity contribution in [1.82, 2.24) is 10.3 Å². The highest BCUT2D eigenvalue weighted by atomic mass is 16.6. The molecule has 1 fully saturated rings. The number of carbonyl (C=O) groups is 1. The van der Waals surface area contributed by atoms with E-state index in [9.17, 15) is 4.79 Å². The van der Waals surface area contributed by atoms with E-state index in [0.717, 1.165) is 25.3 Å². The summed E-state index contributed by atoms with van der Waals surface area (Å²) in [4.78, 5) is 18.2. The van der Waals surface area contributed by atoms with Gasteiger partial charge in [0.15, 0.2) is 0 Å². The molecule has 0 saturated carbocycles. The Morgan fingerprint density at radius 2 is 2.30 bits per heavy atom. The highest BCUT2D eigenvalue weighted by Gasteiger charge is 2.24. The van der Waals surface area contributed by atoms with Crippen LogP contribution in [0.4, 0.5) is 10.6 Å². The zero-order valence-electron chi connectivity index (χ0n) is 12.4. The maximum absolute atomic E-state index is 11.6. The van der Waals surface area contributed by atoms with Crippen LogP contribution in [0.1, 0.15) is 27.2 Å². The Morgan fingerprint density at radius 3 is 2.95 bits per heavy atom. The van der Waals surface area contributed by atoms with Crippen LogP contribution in [0.3, 0.4) is 0 Å². The van der Waals surface area contributed by atoms with Gasteiger partial charge in [-0.15, -0.1) is 0 Å². The van der Waals surface area contributed by atoms with Gasteiger partial charge >= 0.3 is 6.09 Å². The summed E-state index contributed by atoms with van der Waals surface area (Å²) in [6.07, 6.45) is 2.53. The average molecular weight is 277 g/mol. The van der Waals surface area contributed by atoms with Gasteiger partial charge in [0, 0.05) is 25.8 Å². The predicted octanol–water partition coefficient (Wildman–Crippen LogP) is 2.43. The monoisotopic (exact) mass is 277 g/mol. The van der Waals surface area contributed by atoms with Gasteiger partial charge in [0.1, 0.15) is 11.4 Å². The van der Waals surface area contributed by atoms with Crippen LogP contribution in [-0.2, 0) is 4.74 Å². The highest BCUT2D eigenvalue weighted by Crippen LogP contribution is 2.21. The smallest absolute Gasteiger partial charge is 0.407 e. The van der Waals surface area contributed by atoms with Gasteiger partial charge in [-0.2, -0.15) is 0 Å². The summed E-state index contributed by atoms with van der Waals surface area (Å²) in [6.45, 7) is 8.16. The molecule has 0 spiro atoms. The van der Waals surface area contributed by atoms with Crippen LogP contribution in [0, 0.1) is 5.92 Å². The van der Waals surface area contributed by atoms with E-state index in [-0.39, 0.29) is 6.09 Å². The van der Waals surface area contributed by atoms with Gasteiger partial charge in [0.2, 0.25) is 0 Å². The minimum atomic E-state index is -0.445. The SMILES string of the molecule is CC(C)(C)OC(=O)NC[C@@H]1CCN(c2ccccn2)C1. The van der Waals surface area contributed by atoms with Gasteiger partial charge < -0.3 is 15.0 Å². The molecular formula is C15H23N3O2. The Labute approximate surface area is 120 Å². The van der Waals surface area contributed by atoms with Crippen molar-refractivity contribution in [2.75, 3.05) is 24.5 Å². The third-order valence-corrected chi connectivity index (χ3v) is 3.19. The van der Waals surface area contributed by atoms with Crippen LogP contribution in [0.2, 0.25) is 0 Å². The summed E-state index contributed by atoms with van der Waals surface area (Å²) >= 11 is 0. The quantitative estimate of drug-likeness (QED) is 0.922. The number of hydrogen-bond acceptors (Lipinski definition) is 4. The molecule has 110 valence electrons. The minimum Gasteiger partial charge on any atom is -0.444 e. The molecule has 20 heavy (non-hydrogen) atoms. The lowest BCUT2D eigenvalue weighted by Crippen LogP contribution is -2.36. The Hall–Kier alpha value is -1.78. The zero-order valence-corrected chi connectivity index (χ0v) is 12.4. The molecule has 2 heterocycles. The van der Waals surface area contributed by atoms with Gasteiger partial charge in [-0.25, -0.2) is 9.78 Å². The molecule has 1 N–H and O–H groups in total. The van der Waals surface area contributed by atoms with Crippen molar-refractivity contribution >= 4 is 11.9 Å². The number of ether oxygens (including phenoxy) is 1. The summed E-state index contributed by atoms with van der Waals surface area (Å²) in [6, 6.07) is 5.93. The van der Waals surface area contributed by atoms with Gasteiger partial charge in [-0.05, 0) is 45.2 Å². The van der Waals surface area contributed by atoms with E-state index in [1.165, 1.54) is 0 Å². The first-order chi connectivity index (χ1) is 9.44. The first kappa shape index (κ1) is 14.6. The lowest BCUT2D eigenvalue weighted by atomic mass is 10.1. The molecule has 0 aliphatic carbocycles. The molecule has 0 aromatic carbocycles. The molecule has 1 aliphatic rings. The lowest BCUT2D eigenvalue weighted by molar-refractivity contribution is 0.0520. The Bertz CT molecular complexity index is 442. The van der Waals surface area contributed by atoms with Gasteiger partial charge in [0.25, 0.3) is 0 Å². The number of rotatable bonds is 3. The second kappa shape index (κ2) is 6.11. The number of hydrogen-bond donors (Lipinski definition) is 1. The molecule has 0 radical (unpaired) electrons. The van der Waals surface area contributed by atoms with E-state index in [1.807, 2.05) is 45.2 Å². The van der Waals surface area contributed by atoms with E-state index in [0.29, 0.717) is 12.5 Å². The van der Waals surface area contributed by atoms with Gasteiger partial charge in [-0.1, -0.05) is 6.07 Å². The molecule has 1 aliphatic heterocycles. The second-order valence-corrected chi connectivity index (χ2v) is 6.17. The first-order valence-electron chi connectivity index (χ1n) is 7.07. The molecule has 0 unspecified atom stereocenters. The molecule has 5 nitrogen and oxygen atoms in total. The number of nitrogens with zero attached hydrogens (tertiary/aromatic N) is 2. The van der Waals surface area contributed by atoms with E-state index in [2.05, 4.69) is 15.2 Å². The molecule has 1 aromatic rings. The molecule has 1 atom stereocenters. The van der Waals surface area contributed by atoms with Crippen molar-refractivity contribution in [3.05, 3.63) is 24.4 Å². The van der Waals surface area contributed by atoms with Crippen molar-refractivity contribution in [2.45, 2.75) is 32.8 Å². The number of nitrogens with one attached hydrogen (secondary N) is 1. The summed E-state index contributed by atoms with van der Waals surface area (Å²) in [7, 11) is 0.